The molecule has 1 amide bonds. The third kappa shape index (κ3) is 6.25. The molecule has 5 rings (SSSR count). The van der Waals surface area contributed by atoms with Crippen molar-refractivity contribution >= 4 is 17.7 Å². The summed E-state index contributed by atoms with van der Waals surface area (Å²) in [5, 5.41) is 13.4. The predicted octanol–water partition coefficient (Wildman–Crippen LogP) is 4.94. The maximum absolute atomic E-state index is 11.4. The second-order valence-corrected chi connectivity index (χ2v) is 9.59. The van der Waals surface area contributed by atoms with Crippen LogP contribution in [0.4, 0.5) is 0 Å². The first-order valence-corrected chi connectivity index (χ1v) is 12.6. The number of nitrogens with zero attached hydrogens (tertiary/aromatic N) is 2. The molecule has 2 aliphatic rings. The fourth-order valence-electron chi connectivity index (χ4n) is 4.92. The Labute approximate surface area is 217 Å². The fraction of sp³-hybridized carbons (Fsp3) is 0.267. The van der Waals surface area contributed by atoms with Crippen LogP contribution in [-0.2, 0) is 22.8 Å². The molecule has 190 valence electrons. The average molecular weight is 498 g/mol. The van der Waals surface area contributed by atoms with Gasteiger partial charge in [-0.2, -0.15) is 0 Å². The van der Waals surface area contributed by atoms with Crippen LogP contribution in [0.3, 0.4) is 0 Å². The van der Waals surface area contributed by atoms with Crippen LogP contribution in [0.1, 0.15) is 41.5 Å². The van der Waals surface area contributed by atoms with Gasteiger partial charge in [0.25, 0.3) is 5.91 Å². The number of ether oxygens (including phenoxy) is 1. The van der Waals surface area contributed by atoms with E-state index in [0.717, 1.165) is 60.6 Å². The summed E-state index contributed by atoms with van der Waals surface area (Å²) in [4.78, 5) is 19.7. The Morgan fingerprint density at radius 1 is 1.03 bits per heavy atom. The second kappa shape index (κ2) is 11.4. The molecule has 1 fully saturated rings. The first-order valence-electron chi connectivity index (χ1n) is 12.6. The molecule has 1 spiro atoms. The van der Waals surface area contributed by atoms with Crippen molar-refractivity contribution in [3.8, 4) is 5.75 Å². The summed E-state index contributed by atoms with van der Waals surface area (Å²) in [6, 6.07) is 26.3. The predicted molar refractivity (Wildman–Crippen MR) is 142 cm³/mol. The van der Waals surface area contributed by atoms with Crippen LogP contribution in [-0.4, -0.2) is 40.4 Å². The topological polar surface area (TPSA) is 83.4 Å². The van der Waals surface area contributed by atoms with Gasteiger partial charge in [-0.05, 0) is 34.9 Å². The Bertz CT molecular complexity index is 1270. The molecule has 0 bridgehead atoms. The molecule has 0 aromatic heterocycles. The Morgan fingerprint density at radius 3 is 2.43 bits per heavy atom. The van der Waals surface area contributed by atoms with Crippen molar-refractivity contribution in [1.82, 2.24) is 10.4 Å². The van der Waals surface area contributed by atoms with Crippen molar-refractivity contribution in [3.05, 3.63) is 107 Å². The minimum Gasteiger partial charge on any atom is -0.486 e. The Hall–Kier alpha value is -3.94. The van der Waals surface area contributed by atoms with Crippen molar-refractivity contribution in [2.24, 2.45) is 5.16 Å². The van der Waals surface area contributed by atoms with Crippen molar-refractivity contribution in [2.45, 2.75) is 38.0 Å². The van der Waals surface area contributed by atoms with Gasteiger partial charge in [-0.15, -0.1) is 0 Å². The number of oxime groups is 1. The van der Waals surface area contributed by atoms with E-state index in [1.165, 1.54) is 11.6 Å². The van der Waals surface area contributed by atoms with Gasteiger partial charge in [-0.3, -0.25) is 14.9 Å². The highest BCUT2D eigenvalue weighted by Crippen LogP contribution is 2.40. The molecule has 0 saturated carbocycles. The third-order valence-electron chi connectivity index (χ3n) is 6.93. The smallest absolute Gasteiger partial charge is 0.267 e. The molecular weight excluding hydrogens is 466 g/mol. The Kier molecular flexibility index (Phi) is 7.63. The van der Waals surface area contributed by atoms with E-state index >= 15 is 0 Å². The summed E-state index contributed by atoms with van der Waals surface area (Å²) in [6.07, 6.45) is 5.36. The second-order valence-electron chi connectivity index (χ2n) is 9.59. The van der Waals surface area contributed by atoms with Crippen LogP contribution in [0.25, 0.3) is 6.08 Å². The van der Waals surface area contributed by atoms with E-state index in [0.29, 0.717) is 13.0 Å². The lowest BCUT2D eigenvalue weighted by molar-refractivity contribution is -0.124. The first kappa shape index (κ1) is 24.7. The van der Waals surface area contributed by atoms with Gasteiger partial charge in [0.15, 0.2) is 0 Å². The van der Waals surface area contributed by atoms with Crippen LogP contribution in [0, 0.1) is 0 Å². The zero-order valence-corrected chi connectivity index (χ0v) is 20.7. The number of hydrogen-bond acceptors (Lipinski definition) is 6. The highest BCUT2D eigenvalue weighted by atomic mass is 16.6. The lowest BCUT2D eigenvalue weighted by Crippen LogP contribution is -2.50. The summed E-state index contributed by atoms with van der Waals surface area (Å²) in [5.74, 6) is 0.184. The normalized spacial score (nSPS) is 17.9. The van der Waals surface area contributed by atoms with Crippen molar-refractivity contribution < 1.29 is 19.6 Å². The highest BCUT2D eigenvalue weighted by molar-refractivity contribution is 6.04. The first-order chi connectivity index (χ1) is 18.1. The molecule has 7 heteroatoms. The molecule has 2 aliphatic heterocycles. The molecule has 37 heavy (non-hydrogen) atoms. The molecule has 3 aromatic rings. The Morgan fingerprint density at radius 2 is 1.73 bits per heavy atom. The van der Waals surface area contributed by atoms with Crippen LogP contribution < -0.4 is 10.2 Å². The zero-order valence-electron chi connectivity index (χ0n) is 20.7. The van der Waals surface area contributed by atoms with Gasteiger partial charge in [0, 0.05) is 50.5 Å². The lowest BCUT2D eigenvalue weighted by atomic mass is 9.81. The Balaban J connectivity index is 1.35. The van der Waals surface area contributed by atoms with Crippen LogP contribution in [0.5, 0.6) is 5.75 Å². The van der Waals surface area contributed by atoms with Crippen molar-refractivity contribution in [2.75, 3.05) is 13.1 Å². The van der Waals surface area contributed by atoms with Gasteiger partial charge in [-0.25, -0.2) is 5.48 Å². The van der Waals surface area contributed by atoms with Crippen LogP contribution >= 0.6 is 0 Å². The number of fused-ring (bicyclic) bond motifs is 1. The number of rotatable bonds is 7. The summed E-state index contributed by atoms with van der Waals surface area (Å²) < 4.78 is 6.65. The average Bonchev–Trinajstić information content (AvgIpc) is 2.94. The highest BCUT2D eigenvalue weighted by Gasteiger charge is 2.42. The maximum atomic E-state index is 11.4. The number of likely N-dealkylation sites (tertiary alicyclic amines) is 1. The molecule has 0 radical (unpaired) electrons. The van der Waals surface area contributed by atoms with Gasteiger partial charge < -0.3 is 9.57 Å². The molecule has 0 aliphatic carbocycles. The number of hydroxylamine groups is 1. The molecule has 2 N–H and O–H groups in total. The molecule has 1 saturated heterocycles. The number of amides is 1. The summed E-state index contributed by atoms with van der Waals surface area (Å²) in [6.45, 7) is 3.21. The lowest BCUT2D eigenvalue weighted by Gasteiger charge is -2.44. The number of nitrogens with one attached hydrogen (secondary N) is 1. The molecule has 0 unspecified atom stereocenters. The van der Waals surface area contributed by atoms with Crippen molar-refractivity contribution in [3.63, 3.8) is 0 Å². The van der Waals surface area contributed by atoms with Crippen LogP contribution in [0.2, 0.25) is 0 Å². The van der Waals surface area contributed by atoms with E-state index in [2.05, 4.69) is 34.3 Å². The van der Waals surface area contributed by atoms with Gasteiger partial charge in [0.1, 0.15) is 18.0 Å². The van der Waals surface area contributed by atoms with E-state index in [9.17, 15) is 4.79 Å². The largest absolute Gasteiger partial charge is 0.486 e. The van der Waals surface area contributed by atoms with Gasteiger partial charge >= 0.3 is 0 Å². The van der Waals surface area contributed by atoms with E-state index in [1.807, 2.05) is 54.6 Å². The molecule has 2 heterocycles. The molecule has 7 nitrogen and oxygen atoms in total. The summed E-state index contributed by atoms with van der Waals surface area (Å²) in [7, 11) is 0. The van der Waals surface area contributed by atoms with Crippen molar-refractivity contribution in [1.29, 1.82) is 0 Å². The maximum Gasteiger partial charge on any atom is 0.267 e. The fourth-order valence-corrected chi connectivity index (χ4v) is 4.92. The van der Waals surface area contributed by atoms with E-state index in [4.69, 9.17) is 14.8 Å². The SMILES string of the molecule is O=C(/C=C/c1ccc2c(c1)C(=NOCc1ccccc1)CC1(CCN(Cc3ccccc3)CC1)O2)NO. The van der Waals surface area contributed by atoms with Gasteiger partial charge in [0.2, 0.25) is 0 Å². The zero-order chi connectivity index (χ0) is 25.5. The quantitative estimate of drug-likeness (QED) is 0.274. The summed E-state index contributed by atoms with van der Waals surface area (Å²) >= 11 is 0. The minimum atomic E-state index is -0.588. The number of carbonyl (C=O) groups is 1. The van der Waals surface area contributed by atoms with E-state index in [1.54, 1.807) is 11.6 Å². The minimum absolute atomic E-state index is 0.330. The third-order valence-corrected chi connectivity index (χ3v) is 6.93. The van der Waals surface area contributed by atoms with E-state index < -0.39 is 5.91 Å². The standard InChI is InChI=1S/C30H31N3O4/c34-29(31-35)14-12-23-11-13-28-26(19-23)27(32-36-22-25-9-5-2-6-10-25)20-30(37-28)15-17-33(18-16-30)21-24-7-3-1-4-8-24/h1-14,19,35H,15-18,20-22H2,(H,31,34)/b14-12+,32-27?. The molecule has 0 atom stereocenters. The van der Waals surface area contributed by atoms with Gasteiger partial charge in [-0.1, -0.05) is 71.9 Å². The number of carbonyl (C=O) groups excluding carboxylic acids is 1. The number of hydrogen-bond donors (Lipinski definition) is 2. The number of benzene rings is 3. The number of piperidine rings is 1. The molecule has 3 aromatic carbocycles. The molecular formula is C30H31N3O4. The van der Waals surface area contributed by atoms with Gasteiger partial charge in [0.05, 0.1) is 5.71 Å². The summed E-state index contributed by atoms with van der Waals surface area (Å²) in [5.41, 5.74) is 6.15. The monoisotopic (exact) mass is 497 g/mol. The van der Waals surface area contributed by atoms with E-state index in [-0.39, 0.29) is 5.60 Å². The van der Waals surface area contributed by atoms with Crippen LogP contribution in [0.15, 0.2) is 90.1 Å².